The summed E-state index contributed by atoms with van der Waals surface area (Å²) in [5, 5.41) is 2.75. The van der Waals surface area contributed by atoms with Gasteiger partial charge in [0.25, 0.3) is 5.91 Å². The van der Waals surface area contributed by atoms with Crippen LogP contribution in [0, 0.1) is 0 Å². The van der Waals surface area contributed by atoms with Crippen molar-refractivity contribution in [3.05, 3.63) is 65.2 Å². The fourth-order valence-corrected chi connectivity index (χ4v) is 2.84. The van der Waals surface area contributed by atoms with Crippen molar-refractivity contribution in [2.75, 3.05) is 19.4 Å². The molecule has 148 valence electrons. The number of anilines is 1. The van der Waals surface area contributed by atoms with Crippen LogP contribution >= 0.6 is 0 Å². The molecule has 0 saturated carbocycles. The number of ketones is 1. The lowest BCUT2D eigenvalue weighted by molar-refractivity contribution is -0.116. The number of amides is 2. The zero-order valence-corrected chi connectivity index (χ0v) is 16.8. The van der Waals surface area contributed by atoms with Crippen LogP contribution in [-0.2, 0) is 11.2 Å². The standard InChI is InChI=1S/C23H28N2O3/c1-4-5-8-17-11-13-18(14-12-17)21(26)15-16-22(27)24-20-10-7-6-9-19(20)23(28)25(2)3/h6-7,9-14H,4-5,8,15-16H2,1-3H3,(H,24,27). The Labute approximate surface area is 166 Å². The average molecular weight is 380 g/mol. The molecule has 0 aliphatic rings. The number of hydrogen-bond acceptors (Lipinski definition) is 3. The Morgan fingerprint density at radius 2 is 1.61 bits per heavy atom. The Balaban J connectivity index is 1.92. The minimum absolute atomic E-state index is 0.0603. The highest BCUT2D eigenvalue weighted by Gasteiger charge is 2.15. The molecule has 2 aromatic carbocycles. The van der Waals surface area contributed by atoms with Crippen LogP contribution in [0.2, 0.25) is 0 Å². The van der Waals surface area contributed by atoms with Crippen LogP contribution < -0.4 is 5.32 Å². The van der Waals surface area contributed by atoms with Gasteiger partial charge in [0, 0.05) is 32.5 Å². The molecule has 5 nitrogen and oxygen atoms in total. The predicted octanol–water partition coefficient (Wildman–Crippen LogP) is 4.33. The van der Waals surface area contributed by atoms with Gasteiger partial charge in [-0.25, -0.2) is 0 Å². The summed E-state index contributed by atoms with van der Waals surface area (Å²) in [4.78, 5) is 38.3. The number of carbonyl (C=O) groups excluding carboxylic acids is 3. The number of rotatable bonds is 9. The third-order valence-corrected chi connectivity index (χ3v) is 4.51. The van der Waals surface area contributed by atoms with Crippen LogP contribution in [0.3, 0.4) is 0 Å². The van der Waals surface area contributed by atoms with E-state index in [1.54, 1.807) is 38.4 Å². The van der Waals surface area contributed by atoms with Crippen LogP contribution in [-0.4, -0.2) is 36.6 Å². The van der Waals surface area contributed by atoms with Crippen LogP contribution in [0.15, 0.2) is 48.5 Å². The van der Waals surface area contributed by atoms with E-state index < -0.39 is 0 Å². The second-order valence-corrected chi connectivity index (χ2v) is 7.02. The molecule has 0 bridgehead atoms. The van der Waals surface area contributed by atoms with Crippen molar-refractivity contribution in [1.82, 2.24) is 4.90 Å². The van der Waals surface area contributed by atoms with Crippen molar-refractivity contribution in [3.8, 4) is 0 Å². The van der Waals surface area contributed by atoms with Crippen LogP contribution in [0.4, 0.5) is 5.69 Å². The van der Waals surface area contributed by atoms with Crippen molar-refractivity contribution in [2.45, 2.75) is 39.0 Å². The van der Waals surface area contributed by atoms with Gasteiger partial charge in [-0.1, -0.05) is 49.7 Å². The topological polar surface area (TPSA) is 66.5 Å². The molecule has 0 saturated heterocycles. The highest BCUT2D eigenvalue weighted by Crippen LogP contribution is 2.17. The second kappa shape index (κ2) is 10.4. The number of benzene rings is 2. The number of para-hydroxylation sites is 1. The Morgan fingerprint density at radius 3 is 2.25 bits per heavy atom. The maximum atomic E-state index is 12.4. The molecular weight excluding hydrogens is 352 g/mol. The molecule has 0 radical (unpaired) electrons. The third kappa shape index (κ3) is 6.05. The van der Waals surface area contributed by atoms with Crippen LogP contribution in [0.25, 0.3) is 0 Å². The first-order valence-electron chi connectivity index (χ1n) is 9.65. The van der Waals surface area contributed by atoms with Crippen molar-refractivity contribution < 1.29 is 14.4 Å². The molecule has 0 aliphatic carbocycles. The number of carbonyl (C=O) groups is 3. The SMILES string of the molecule is CCCCc1ccc(C(=O)CCC(=O)Nc2ccccc2C(=O)N(C)C)cc1. The molecule has 28 heavy (non-hydrogen) atoms. The van der Waals surface area contributed by atoms with Gasteiger partial charge in [0.05, 0.1) is 11.3 Å². The Morgan fingerprint density at radius 1 is 0.929 bits per heavy atom. The first kappa shape index (κ1) is 21.4. The van der Waals surface area contributed by atoms with Crippen molar-refractivity contribution in [2.24, 2.45) is 0 Å². The third-order valence-electron chi connectivity index (χ3n) is 4.51. The van der Waals surface area contributed by atoms with Gasteiger partial charge in [0.1, 0.15) is 0 Å². The normalized spacial score (nSPS) is 10.4. The van der Waals surface area contributed by atoms with E-state index in [2.05, 4.69) is 12.2 Å². The van der Waals surface area contributed by atoms with Crippen molar-refractivity contribution in [3.63, 3.8) is 0 Å². The molecule has 0 aliphatic heterocycles. The molecule has 0 atom stereocenters. The minimum atomic E-state index is -0.285. The lowest BCUT2D eigenvalue weighted by Crippen LogP contribution is -2.24. The van der Waals surface area contributed by atoms with Gasteiger partial charge in [0.15, 0.2) is 5.78 Å². The monoisotopic (exact) mass is 380 g/mol. The summed E-state index contributed by atoms with van der Waals surface area (Å²) >= 11 is 0. The summed E-state index contributed by atoms with van der Waals surface area (Å²) in [5.74, 6) is -0.531. The number of hydrogen-bond donors (Lipinski definition) is 1. The lowest BCUT2D eigenvalue weighted by Gasteiger charge is -2.14. The van der Waals surface area contributed by atoms with Gasteiger partial charge >= 0.3 is 0 Å². The predicted molar refractivity (Wildman–Crippen MR) is 112 cm³/mol. The van der Waals surface area contributed by atoms with E-state index in [9.17, 15) is 14.4 Å². The lowest BCUT2D eigenvalue weighted by atomic mass is 10.0. The van der Waals surface area contributed by atoms with Gasteiger partial charge in [0.2, 0.25) is 5.91 Å². The Bertz CT molecular complexity index is 826. The number of nitrogens with zero attached hydrogens (tertiary/aromatic N) is 1. The maximum absolute atomic E-state index is 12.4. The molecule has 2 rings (SSSR count). The molecule has 1 N–H and O–H groups in total. The highest BCUT2D eigenvalue weighted by atomic mass is 16.2. The Hall–Kier alpha value is -2.95. The molecule has 0 aromatic heterocycles. The van der Waals surface area contributed by atoms with Gasteiger partial charge < -0.3 is 10.2 Å². The van der Waals surface area contributed by atoms with E-state index in [4.69, 9.17) is 0 Å². The minimum Gasteiger partial charge on any atom is -0.345 e. The quantitative estimate of drug-likeness (QED) is 0.658. The molecule has 2 aromatic rings. The zero-order chi connectivity index (χ0) is 20.5. The van der Waals surface area contributed by atoms with E-state index in [1.165, 1.54) is 10.5 Å². The molecule has 5 heteroatoms. The van der Waals surface area contributed by atoms with Gasteiger partial charge in [-0.15, -0.1) is 0 Å². The smallest absolute Gasteiger partial charge is 0.255 e. The summed E-state index contributed by atoms with van der Waals surface area (Å²) < 4.78 is 0. The van der Waals surface area contributed by atoms with E-state index in [1.807, 2.05) is 24.3 Å². The fourth-order valence-electron chi connectivity index (χ4n) is 2.84. The van der Waals surface area contributed by atoms with Crippen molar-refractivity contribution >= 4 is 23.3 Å². The second-order valence-electron chi connectivity index (χ2n) is 7.02. The number of Topliss-reactive ketones (excluding diaryl/α,β-unsaturated/α-hetero) is 1. The summed E-state index contributed by atoms with van der Waals surface area (Å²) in [6.45, 7) is 2.15. The van der Waals surface area contributed by atoms with Crippen molar-refractivity contribution in [1.29, 1.82) is 0 Å². The first-order valence-corrected chi connectivity index (χ1v) is 9.65. The average Bonchev–Trinajstić information content (AvgIpc) is 2.70. The number of aryl methyl sites for hydroxylation is 1. The first-order chi connectivity index (χ1) is 13.4. The highest BCUT2D eigenvalue weighted by molar-refractivity contribution is 6.04. The Kier molecular flexibility index (Phi) is 7.93. The summed E-state index contributed by atoms with van der Waals surface area (Å²) in [5.41, 5.74) is 2.73. The largest absolute Gasteiger partial charge is 0.345 e. The summed E-state index contributed by atoms with van der Waals surface area (Å²) in [6, 6.07) is 14.5. The van der Waals surface area contributed by atoms with E-state index in [0.29, 0.717) is 16.8 Å². The van der Waals surface area contributed by atoms with E-state index in [-0.39, 0.29) is 30.4 Å². The van der Waals surface area contributed by atoms with E-state index in [0.717, 1.165) is 19.3 Å². The number of nitrogens with one attached hydrogen (secondary N) is 1. The fraction of sp³-hybridized carbons (Fsp3) is 0.348. The van der Waals surface area contributed by atoms with Gasteiger partial charge in [-0.05, 0) is 30.5 Å². The molecule has 0 fully saturated rings. The molecular formula is C23H28N2O3. The zero-order valence-electron chi connectivity index (χ0n) is 16.8. The molecule has 0 heterocycles. The summed E-state index contributed by atoms with van der Waals surface area (Å²) in [6.07, 6.45) is 3.48. The molecule has 0 spiro atoms. The van der Waals surface area contributed by atoms with Gasteiger partial charge in [-0.2, -0.15) is 0 Å². The van der Waals surface area contributed by atoms with Crippen LogP contribution in [0.1, 0.15) is 58.9 Å². The maximum Gasteiger partial charge on any atom is 0.255 e. The van der Waals surface area contributed by atoms with Gasteiger partial charge in [-0.3, -0.25) is 14.4 Å². The molecule has 2 amide bonds. The number of unbranched alkanes of at least 4 members (excludes halogenated alkanes) is 1. The summed E-state index contributed by atoms with van der Waals surface area (Å²) in [7, 11) is 3.32. The van der Waals surface area contributed by atoms with Crippen LogP contribution in [0.5, 0.6) is 0 Å². The molecule has 0 unspecified atom stereocenters. The van der Waals surface area contributed by atoms with E-state index >= 15 is 0 Å².